The fraction of sp³-hybridized carbons (Fsp3) is 0.500. The van der Waals surface area contributed by atoms with Gasteiger partial charge in [-0.1, -0.05) is 18.2 Å². The first-order valence-corrected chi connectivity index (χ1v) is 6.40. The van der Waals surface area contributed by atoms with Gasteiger partial charge in [-0.05, 0) is 30.9 Å². The smallest absolute Gasteiger partial charge is 0.416 e. The van der Waals surface area contributed by atoms with Crippen molar-refractivity contribution >= 4 is 5.97 Å². The lowest BCUT2D eigenvalue weighted by Gasteiger charge is -2.31. The van der Waals surface area contributed by atoms with Gasteiger partial charge in [0.1, 0.15) is 5.41 Å². The molecule has 0 spiro atoms. The normalized spacial score (nSPS) is 32.5. The summed E-state index contributed by atoms with van der Waals surface area (Å²) in [5.74, 6) is -1.11. The Kier molecular flexibility index (Phi) is 2.83. The van der Waals surface area contributed by atoms with Crippen LogP contribution < -0.4 is 0 Å². The van der Waals surface area contributed by atoms with Crippen molar-refractivity contribution in [3.63, 3.8) is 0 Å². The molecular formula is C14H13F3O3. The maximum absolute atomic E-state index is 12.8. The van der Waals surface area contributed by atoms with Crippen LogP contribution in [0.15, 0.2) is 24.3 Å². The summed E-state index contributed by atoms with van der Waals surface area (Å²) in [6, 6.07) is 4.60. The maximum Gasteiger partial charge on any atom is 0.416 e. The third kappa shape index (κ3) is 1.82. The Bertz CT molecular complexity index is 555. The first kappa shape index (κ1) is 13.4. The van der Waals surface area contributed by atoms with Gasteiger partial charge in [-0.2, -0.15) is 13.2 Å². The van der Waals surface area contributed by atoms with E-state index in [9.17, 15) is 23.1 Å². The lowest BCUT2D eigenvalue weighted by molar-refractivity contribution is -0.146. The zero-order chi connectivity index (χ0) is 14.5. The van der Waals surface area contributed by atoms with Crippen LogP contribution in [0.3, 0.4) is 0 Å². The summed E-state index contributed by atoms with van der Waals surface area (Å²) in [4.78, 5) is 11.7. The predicted octanol–water partition coefficient (Wildman–Crippen LogP) is 2.98. The minimum Gasteiger partial charge on any atom is -0.481 e. The van der Waals surface area contributed by atoms with E-state index in [0.29, 0.717) is 6.42 Å². The van der Waals surface area contributed by atoms with E-state index in [2.05, 4.69) is 0 Å². The highest BCUT2D eigenvalue weighted by Crippen LogP contribution is 2.50. The summed E-state index contributed by atoms with van der Waals surface area (Å²) in [6.07, 6.45) is -3.58. The van der Waals surface area contributed by atoms with Crippen molar-refractivity contribution in [3.8, 4) is 0 Å². The SMILES string of the molecule is O=C(O)C1(c2cccc(C(F)(F)F)c2)CC2CCC1O2. The summed E-state index contributed by atoms with van der Waals surface area (Å²) in [7, 11) is 0. The van der Waals surface area contributed by atoms with Gasteiger partial charge < -0.3 is 9.84 Å². The Balaban J connectivity index is 2.08. The number of fused-ring (bicyclic) bond motifs is 2. The van der Waals surface area contributed by atoms with Gasteiger partial charge in [0.05, 0.1) is 17.8 Å². The number of ether oxygens (including phenoxy) is 1. The third-order valence-electron chi connectivity index (χ3n) is 4.29. The number of rotatable bonds is 2. The van der Waals surface area contributed by atoms with Gasteiger partial charge in [0, 0.05) is 0 Å². The van der Waals surface area contributed by atoms with Crippen LogP contribution in [-0.4, -0.2) is 23.3 Å². The first-order valence-electron chi connectivity index (χ1n) is 6.40. The molecule has 2 aliphatic heterocycles. The van der Waals surface area contributed by atoms with Crippen LogP contribution in [0.5, 0.6) is 0 Å². The van der Waals surface area contributed by atoms with E-state index < -0.39 is 29.2 Å². The molecule has 2 heterocycles. The second kappa shape index (κ2) is 4.22. The molecule has 1 N–H and O–H groups in total. The topological polar surface area (TPSA) is 46.5 Å². The quantitative estimate of drug-likeness (QED) is 0.909. The molecule has 2 fully saturated rings. The Labute approximate surface area is 113 Å². The lowest BCUT2D eigenvalue weighted by atomic mass is 9.69. The van der Waals surface area contributed by atoms with Crippen LogP contribution in [0.25, 0.3) is 0 Å². The Hall–Kier alpha value is -1.56. The van der Waals surface area contributed by atoms with Crippen LogP contribution in [0.4, 0.5) is 13.2 Å². The molecule has 1 aromatic rings. The number of hydrogen-bond acceptors (Lipinski definition) is 2. The number of halogens is 3. The molecule has 0 aromatic heterocycles. The number of benzene rings is 1. The molecule has 6 heteroatoms. The van der Waals surface area contributed by atoms with Crippen molar-refractivity contribution < 1.29 is 27.8 Å². The molecule has 2 saturated heterocycles. The zero-order valence-corrected chi connectivity index (χ0v) is 10.5. The van der Waals surface area contributed by atoms with E-state index in [1.807, 2.05) is 0 Å². The first-order chi connectivity index (χ1) is 9.34. The average Bonchev–Trinajstić information content (AvgIpc) is 2.98. The third-order valence-corrected chi connectivity index (χ3v) is 4.29. The molecule has 0 radical (unpaired) electrons. The van der Waals surface area contributed by atoms with Crippen molar-refractivity contribution in [1.82, 2.24) is 0 Å². The minimum atomic E-state index is -4.48. The van der Waals surface area contributed by atoms with Crippen LogP contribution >= 0.6 is 0 Å². The molecule has 20 heavy (non-hydrogen) atoms. The Morgan fingerprint density at radius 3 is 2.60 bits per heavy atom. The Morgan fingerprint density at radius 2 is 2.10 bits per heavy atom. The number of carboxylic acids is 1. The number of carboxylic acid groups (broad SMARTS) is 1. The second-order valence-electron chi connectivity index (χ2n) is 5.38. The number of hydrogen-bond donors (Lipinski definition) is 1. The van der Waals surface area contributed by atoms with Gasteiger partial charge >= 0.3 is 12.1 Å². The van der Waals surface area contributed by atoms with Crippen LogP contribution in [0.1, 0.15) is 30.4 Å². The van der Waals surface area contributed by atoms with Gasteiger partial charge in [-0.25, -0.2) is 0 Å². The van der Waals surface area contributed by atoms with Crippen molar-refractivity contribution in [2.45, 2.75) is 43.1 Å². The highest BCUT2D eigenvalue weighted by molar-refractivity contribution is 5.83. The van der Waals surface area contributed by atoms with Crippen LogP contribution in [-0.2, 0) is 21.1 Å². The molecule has 108 valence electrons. The van der Waals surface area contributed by atoms with E-state index in [-0.39, 0.29) is 18.1 Å². The molecule has 3 nitrogen and oxygen atoms in total. The largest absolute Gasteiger partial charge is 0.481 e. The molecule has 0 aliphatic carbocycles. The summed E-state index contributed by atoms with van der Waals surface area (Å²) in [6.45, 7) is 0. The summed E-state index contributed by atoms with van der Waals surface area (Å²) in [5.41, 5.74) is -1.98. The molecule has 0 amide bonds. The maximum atomic E-state index is 12.8. The van der Waals surface area contributed by atoms with E-state index in [1.165, 1.54) is 12.1 Å². The highest BCUT2D eigenvalue weighted by Gasteiger charge is 2.58. The molecule has 0 saturated carbocycles. The van der Waals surface area contributed by atoms with Crippen molar-refractivity contribution in [3.05, 3.63) is 35.4 Å². The molecule has 2 bridgehead atoms. The zero-order valence-electron chi connectivity index (χ0n) is 10.5. The number of aliphatic carboxylic acids is 1. The summed E-state index contributed by atoms with van der Waals surface area (Å²) < 4.78 is 43.9. The molecule has 3 atom stereocenters. The Morgan fingerprint density at radius 1 is 1.35 bits per heavy atom. The summed E-state index contributed by atoms with van der Waals surface area (Å²) in [5, 5.41) is 9.57. The molecule has 1 aromatic carbocycles. The molecular weight excluding hydrogens is 273 g/mol. The fourth-order valence-corrected chi connectivity index (χ4v) is 3.33. The van der Waals surface area contributed by atoms with Crippen molar-refractivity contribution in [2.75, 3.05) is 0 Å². The minimum absolute atomic E-state index is 0.161. The highest BCUT2D eigenvalue weighted by atomic mass is 19.4. The van der Waals surface area contributed by atoms with Gasteiger partial charge in [-0.3, -0.25) is 4.79 Å². The van der Waals surface area contributed by atoms with Gasteiger partial charge in [-0.15, -0.1) is 0 Å². The van der Waals surface area contributed by atoms with Crippen LogP contribution in [0, 0.1) is 0 Å². The molecule has 3 unspecified atom stereocenters. The average molecular weight is 286 g/mol. The number of carbonyl (C=O) groups is 1. The van der Waals surface area contributed by atoms with E-state index >= 15 is 0 Å². The van der Waals surface area contributed by atoms with E-state index in [1.54, 1.807) is 0 Å². The van der Waals surface area contributed by atoms with Crippen molar-refractivity contribution in [1.29, 1.82) is 0 Å². The van der Waals surface area contributed by atoms with Gasteiger partial charge in [0.25, 0.3) is 0 Å². The predicted molar refractivity (Wildman–Crippen MR) is 63.3 cm³/mol. The van der Waals surface area contributed by atoms with Gasteiger partial charge in [0.15, 0.2) is 0 Å². The standard InChI is InChI=1S/C14H13F3O3/c15-14(16,17)9-3-1-2-8(6-9)13(12(18)19)7-10-4-5-11(13)20-10/h1-3,6,10-11H,4-5,7H2,(H,18,19). The summed E-state index contributed by atoms with van der Waals surface area (Å²) >= 11 is 0. The lowest BCUT2D eigenvalue weighted by Crippen LogP contribution is -2.44. The number of alkyl halides is 3. The second-order valence-corrected chi connectivity index (χ2v) is 5.38. The van der Waals surface area contributed by atoms with Crippen LogP contribution in [0.2, 0.25) is 0 Å². The van der Waals surface area contributed by atoms with E-state index in [4.69, 9.17) is 4.74 Å². The monoisotopic (exact) mass is 286 g/mol. The van der Waals surface area contributed by atoms with Crippen molar-refractivity contribution in [2.24, 2.45) is 0 Å². The fourth-order valence-electron chi connectivity index (χ4n) is 3.33. The molecule has 3 rings (SSSR count). The molecule has 2 aliphatic rings. The van der Waals surface area contributed by atoms with Gasteiger partial charge in [0.2, 0.25) is 0 Å². The van der Waals surface area contributed by atoms with E-state index in [0.717, 1.165) is 18.6 Å².